The van der Waals surface area contributed by atoms with Crippen LogP contribution in [-0.4, -0.2) is 40.5 Å². The van der Waals surface area contributed by atoms with Crippen molar-refractivity contribution >= 4 is 40.5 Å². The summed E-state index contributed by atoms with van der Waals surface area (Å²) in [6.45, 7) is 1.87. The Morgan fingerprint density at radius 1 is 1.24 bits per heavy atom. The average Bonchev–Trinajstić information content (AvgIpc) is 3.34. The quantitative estimate of drug-likeness (QED) is 0.754. The van der Waals surface area contributed by atoms with Gasteiger partial charge < -0.3 is 14.6 Å². The number of anilines is 2. The molecule has 128 valence electrons. The van der Waals surface area contributed by atoms with Crippen molar-refractivity contribution in [2.75, 3.05) is 34.8 Å². The second-order valence-electron chi connectivity index (χ2n) is 5.44. The highest BCUT2D eigenvalue weighted by molar-refractivity contribution is 7.99. The van der Waals surface area contributed by atoms with Gasteiger partial charge in [0.15, 0.2) is 16.6 Å². The topological polar surface area (TPSA) is 71.3 Å². The van der Waals surface area contributed by atoms with E-state index in [0.717, 1.165) is 30.4 Å². The van der Waals surface area contributed by atoms with Crippen LogP contribution in [0.4, 0.5) is 11.5 Å². The van der Waals surface area contributed by atoms with Crippen LogP contribution in [0.25, 0.3) is 10.8 Å². The SMILES string of the molecule is O=C(Nc1cccnc1N1CCSCC1)c1csc(-c2ccco2)n1. The fourth-order valence-electron chi connectivity index (χ4n) is 2.60. The summed E-state index contributed by atoms with van der Waals surface area (Å²) in [4.78, 5) is 23.6. The monoisotopic (exact) mass is 372 g/mol. The van der Waals surface area contributed by atoms with Crippen molar-refractivity contribution < 1.29 is 9.21 Å². The number of aromatic nitrogens is 2. The smallest absolute Gasteiger partial charge is 0.275 e. The summed E-state index contributed by atoms with van der Waals surface area (Å²) in [7, 11) is 0. The van der Waals surface area contributed by atoms with E-state index in [4.69, 9.17) is 4.42 Å². The molecular formula is C17H16N4O2S2. The van der Waals surface area contributed by atoms with Gasteiger partial charge in [-0.2, -0.15) is 11.8 Å². The molecule has 0 saturated carbocycles. The van der Waals surface area contributed by atoms with Gasteiger partial charge in [-0.05, 0) is 24.3 Å². The molecule has 1 N–H and O–H groups in total. The lowest BCUT2D eigenvalue weighted by atomic mass is 10.3. The minimum absolute atomic E-state index is 0.241. The highest BCUT2D eigenvalue weighted by atomic mass is 32.2. The molecule has 8 heteroatoms. The summed E-state index contributed by atoms with van der Waals surface area (Å²) in [5, 5.41) is 5.37. The van der Waals surface area contributed by atoms with Crippen molar-refractivity contribution in [1.82, 2.24) is 9.97 Å². The minimum atomic E-state index is -0.241. The highest BCUT2D eigenvalue weighted by Gasteiger charge is 2.19. The Kier molecular flexibility index (Phi) is 4.71. The maximum Gasteiger partial charge on any atom is 0.275 e. The number of carbonyl (C=O) groups excluding carboxylic acids is 1. The molecule has 25 heavy (non-hydrogen) atoms. The van der Waals surface area contributed by atoms with E-state index < -0.39 is 0 Å². The van der Waals surface area contributed by atoms with Crippen LogP contribution in [0, 0.1) is 0 Å². The van der Waals surface area contributed by atoms with Gasteiger partial charge >= 0.3 is 0 Å². The molecule has 3 aromatic heterocycles. The third-order valence-electron chi connectivity index (χ3n) is 3.81. The largest absolute Gasteiger partial charge is 0.462 e. The van der Waals surface area contributed by atoms with Crippen LogP contribution in [-0.2, 0) is 0 Å². The molecule has 4 rings (SSSR count). The molecule has 0 spiro atoms. The molecule has 0 unspecified atom stereocenters. The Morgan fingerprint density at radius 2 is 2.12 bits per heavy atom. The first-order valence-corrected chi connectivity index (χ1v) is 9.93. The van der Waals surface area contributed by atoms with Crippen molar-refractivity contribution in [3.05, 3.63) is 47.8 Å². The fourth-order valence-corrected chi connectivity index (χ4v) is 4.27. The molecule has 0 aliphatic carbocycles. The third-order valence-corrected chi connectivity index (χ3v) is 5.61. The highest BCUT2D eigenvalue weighted by Crippen LogP contribution is 2.27. The van der Waals surface area contributed by atoms with Gasteiger partial charge in [0.05, 0.1) is 12.0 Å². The zero-order valence-electron chi connectivity index (χ0n) is 13.3. The second-order valence-corrected chi connectivity index (χ2v) is 7.53. The molecule has 0 aromatic carbocycles. The van der Waals surface area contributed by atoms with Gasteiger partial charge in [-0.3, -0.25) is 4.79 Å². The lowest BCUT2D eigenvalue weighted by molar-refractivity contribution is 0.102. The van der Waals surface area contributed by atoms with Crippen molar-refractivity contribution in [2.24, 2.45) is 0 Å². The Balaban J connectivity index is 1.53. The summed E-state index contributed by atoms with van der Waals surface area (Å²) in [6, 6.07) is 7.33. The first kappa shape index (κ1) is 16.2. The van der Waals surface area contributed by atoms with Crippen molar-refractivity contribution in [3.63, 3.8) is 0 Å². The number of rotatable bonds is 4. The molecule has 0 bridgehead atoms. The van der Waals surface area contributed by atoms with Crippen LogP contribution in [0.5, 0.6) is 0 Å². The van der Waals surface area contributed by atoms with Crippen LogP contribution < -0.4 is 10.2 Å². The molecular weight excluding hydrogens is 356 g/mol. The number of carbonyl (C=O) groups is 1. The first-order valence-electron chi connectivity index (χ1n) is 7.90. The molecule has 1 aliphatic heterocycles. The summed E-state index contributed by atoms with van der Waals surface area (Å²) in [6.07, 6.45) is 3.35. The van der Waals surface area contributed by atoms with Gasteiger partial charge in [0, 0.05) is 36.2 Å². The van der Waals surface area contributed by atoms with Crippen molar-refractivity contribution in [3.8, 4) is 10.8 Å². The van der Waals surface area contributed by atoms with Crippen molar-refractivity contribution in [2.45, 2.75) is 0 Å². The fraction of sp³-hybridized carbons (Fsp3) is 0.235. The van der Waals surface area contributed by atoms with Crippen LogP contribution >= 0.6 is 23.1 Å². The lowest BCUT2D eigenvalue weighted by Gasteiger charge is -2.28. The normalized spacial score (nSPS) is 14.5. The van der Waals surface area contributed by atoms with E-state index in [2.05, 4.69) is 20.2 Å². The molecule has 1 amide bonds. The number of nitrogens with zero attached hydrogens (tertiary/aromatic N) is 3. The molecule has 1 fully saturated rings. The zero-order valence-corrected chi connectivity index (χ0v) is 15.0. The van der Waals surface area contributed by atoms with E-state index in [1.807, 2.05) is 30.0 Å². The first-order chi connectivity index (χ1) is 12.3. The summed E-state index contributed by atoms with van der Waals surface area (Å²) >= 11 is 3.32. The van der Waals surface area contributed by atoms with Crippen LogP contribution in [0.2, 0.25) is 0 Å². The predicted molar refractivity (Wildman–Crippen MR) is 102 cm³/mol. The number of thiazole rings is 1. The van der Waals surface area contributed by atoms with Crippen LogP contribution in [0.15, 0.2) is 46.5 Å². The number of hydrogen-bond acceptors (Lipinski definition) is 7. The van der Waals surface area contributed by atoms with Crippen LogP contribution in [0.3, 0.4) is 0 Å². The standard InChI is InChI=1S/C17H16N4O2S2/c22-16(13-11-25-17(20-13)14-4-2-8-23-14)19-12-3-1-5-18-15(12)21-6-9-24-10-7-21/h1-5,8,11H,6-7,9-10H2,(H,19,22). The minimum Gasteiger partial charge on any atom is -0.462 e. The lowest BCUT2D eigenvalue weighted by Crippen LogP contribution is -2.34. The number of furan rings is 1. The molecule has 0 atom stereocenters. The Morgan fingerprint density at radius 3 is 2.92 bits per heavy atom. The van der Waals surface area contributed by atoms with Crippen LogP contribution in [0.1, 0.15) is 10.5 Å². The summed E-state index contributed by atoms with van der Waals surface area (Å²) in [5.74, 6) is 3.38. The molecule has 3 aromatic rings. The van der Waals surface area contributed by atoms with Gasteiger partial charge in [0.1, 0.15) is 5.69 Å². The number of hydrogen-bond donors (Lipinski definition) is 1. The van der Waals surface area contributed by atoms with E-state index in [1.165, 1.54) is 11.3 Å². The molecule has 4 heterocycles. The van der Waals surface area contributed by atoms with Gasteiger partial charge in [-0.25, -0.2) is 9.97 Å². The Hall–Kier alpha value is -2.32. The Labute approximate surface area is 153 Å². The molecule has 1 aliphatic rings. The number of amides is 1. The van der Waals surface area contributed by atoms with E-state index >= 15 is 0 Å². The Bertz CT molecular complexity index is 857. The molecule has 0 radical (unpaired) electrons. The third kappa shape index (κ3) is 3.54. The van der Waals surface area contributed by atoms with E-state index in [0.29, 0.717) is 22.1 Å². The van der Waals surface area contributed by atoms with Gasteiger partial charge in [0.2, 0.25) is 0 Å². The molecule has 1 saturated heterocycles. The van der Waals surface area contributed by atoms with E-state index in [9.17, 15) is 4.79 Å². The number of nitrogens with one attached hydrogen (secondary N) is 1. The van der Waals surface area contributed by atoms with Gasteiger partial charge in [0.25, 0.3) is 5.91 Å². The number of pyridine rings is 1. The van der Waals surface area contributed by atoms with E-state index in [1.54, 1.807) is 23.9 Å². The number of thioether (sulfide) groups is 1. The van der Waals surface area contributed by atoms with Gasteiger partial charge in [-0.15, -0.1) is 11.3 Å². The average molecular weight is 372 g/mol. The zero-order chi connectivity index (χ0) is 17.1. The van der Waals surface area contributed by atoms with Crippen molar-refractivity contribution in [1.29, 1.82) is 0 Å². The molecule has 6 nitrogen and oxygen atoms in total. The summed E-state index contributed by atoms with van der Waals surface area (Å²) in [5.41, 5.74) is 1.09. The summed E-state index contributed by atoms with van der Waals surface area (Å²) < 4.78 is 5.33. The maximum absolute atomic E-state index is 12.6. The predicted octanol–water partition coefficient (Wildman–Crippen LogP) is 3.60. The van der Waals surface area contributed by atoms with E-state index in [-0.39, 0.29) is 5.91 Å². The maximum atomic E-state index is 12.6. The second kappa shape index (κ2) is 7.28. The van der Waals surface area contributed by atoms with Gasteiger partial charge in [-0.1, -0.05) is 0 Å².